The molecule has 1 aliphatic rings. The van der Waals surface area contributed by atoms with Crippen LogP contribution in [0.4, 0.5) is 0 Å². The molecule has 2 heterocycles. The lowest BCUT2D eigenvalue weighted by Gasteiger charge is -2.22. The minimum Gasteiger partial charge on any atom is -0.505 e. The maximum atomic E-state index is 11.7. The lowest BCUT2D eigenvalue weighted by atomic mass is 10.0. The normalized spacial score (nSPS) is 16.7. The Labute approximate surface area is 99.8 Å². The van der Waals surface area contributed by atoms with Gasteiger partial charge in [0.25, 0.3) is 5.91 Å². The Hall–Kier alpha value is -1.62. The molecule has 0 unspecified atom stereocenters. The highest BCUT2D eigenvalue weighted by atomic mass is 16.5. The third-order valence-corrected chi connectivity index (χ3v) is 2.89. The van der Waals surface area contributed by atoms with Gasteiger partial charge in [-0.25, -0.2) is 4.98 Å². The number of pyridine rings is 1. The zero-order valence-corrected chi connectivity index (χ0v) is 9.56. The Morgan fingerprint density at radius 1 is 1.53 bits per heavy atom. The molecule has 2 rings (SSSR count). The van der Waals surface area contributed by atoms with Crippen molar-refractivity contribution in [2.75, 3.05) is 19.8 Å². The van der Waals surface area contributed by atoms with Gasteiger partial charge in [-0.15, -0.1) is 0 Å². The van der Waals surface area contributed by atoms with Gasteiger partial charge in [-0.05, 0) is 30.9 Å². The summed E-state index contributed by atoms with van der Waals surface area (Å²) in [6.07, 6.45) is 3.42. The molecule has 5 heteroatoms. The molecule has 0 aromatic carbocycles. The maximum absolute atomic E-state index is 11.7. The molecule has 0 atom stereocenters. The van der Waals surface area contributed by atoms with Crippen LogP contribution in [0.1, 0.15) is 23.3 Å². The largest absolute Gasteiger partial charge is 0.505 e. The molecule has 0 spiro atoms. The molecule has 1 aromatic rings. The van der Waals surface area contributed by atoms with E-state index < -0.39 is 0 Å². The quantitative estimate of drug-likeness (QED) is 0.819. The number of carbonyl (C=O) groups excluding carboxylic acids is 1. The van der Waals surface area contributed by atoms with Crippen LogP contribution >= 0.6 is 0 Å². The number of hydrogen-bond acceptors (Lipinski definition) is 4. The van der Waals surface area contributed by atoms with Crippen molar-refractivity contribution >= 4 is 5.91 Å². The number of nitrogens with one attached hydrogen (secondary N) is 1. The summed E-state index contributed by atoms with van der Waals surface area (Å²) in [4.78, 5) is 15.6. The average molecular weight is 236 g/mol. The van der Waals surface area contributed by atoms with Gasteiger partial charge in [0.1, 0.15) is 5.75 Å². The highest BCUT2D eigenvalue weighted by molar-refractivity contribution is 5.94. The van der Waals surface area contributed by atoms with Crippen LogP contribution in [0.2, 0.25) is 0 Å². The van der Waals surface area contributed by atoms with Crippen LogP contribution < -0.4 is 5.32 Å². The van der Waals surface area contributed by atoms with Crippen LogP contribution in [-0.4, -0.2) is 35.8 Å². The van der Waals surface area contributed by atoms with Crippen LogP contribution in [0, 0.1) is 5.92 Å². The highest BCUT2D eigenvalue weighted by Gasteiger charge is 2.17. The van der Waals surface area contributed by atoms with E-state index in [0.29, 0.717) is 12.5 Å². The van der Waals surface area contributed by atoms with Crippen molar-refractivity contribution in [1.29, 1.82) is 0 Å². The molecule has 92 valence electrons. The molecule has 5 nitrogen and oxygen atoms in total. The summed E-state index contributed by atoms with van der Waals surface area (Å²) in [7, 11) is 0. The van der Waals surface area contributed by atoms with Gasteiger partial charge in [0.05, 0.1) is 0 Å². The Morgan fingerprint density at radius 3 is 3.00 bits per heavy atom. The van der Waals surface area contributed by atoms with Crippen molar-refractivity contribution in [3.63, 3.8) is 0 Å². The van der Waals surface area contributed by atoms with Crippen molar-refractivity contribution in [2.24, 2.45) is 5.92 Å². The van der Waals surface area contributed by atoms with E-state index in [4.69, 9.17) is 4.74 Å². The minimum absolute atomic E-state index is 0.0829. The summed E-state index contributed by atoms with van der Waals surface area (Å²) in [6, 6.07) is 3.04. The summed E-state index contributed by atoms with van der Waals surface area (Å²) in [5.74, 6) is 0.0464. The first kappa shape index (κ1) is 11.9. The van der Waals surface area contributed by atoms with Crippen molar-refractivity contribution in [3.8, 4) is 5.75 Å². The predicted octanol–water partition coefficient (Wildman–Crippen LogP) is 0.944. The predicted molar refractivity (Wildman–Crippen MR) is 61.8 cm³/mol. The van der Waals surface area contributed by atoms with Crippen molar-refractivity contribution in [1.82, 2.24) is 10.3 Å². The van der Waals surface area contributed by atoms with E-state index >= 15 is 0 Å². The van der Waals surface area contributed by atoms with Gasteiger partial charge in [-0.1, -0.05) is 0 Å². The Balaban J connectivity index is 1.87. The fourth-order valence-electron chi connectivity index (χ4n) is 1.84. The zero-order chi connectivity index (χ0) is 12.1. The average Bonchev–Trinajstić information content (AvgIpc) is 2.38. The van der Waals surface area contributed by atoms with E-state index in [9.17, 15) is 9.90 Å². The third kappa shape index (κ3) is 3.17. The molecule has 17 heavy (non-hydrogen) atoms. The summed E-state index contributed by atoms with van der Waals surface area (Å²) in [5.41, 5.74) is 0.0829. The Morgan fingerprint density at radius 2 is 2.29 bits per heavy atom. The molecular weight excluding hydrogens is 220 g/mol. The van der Waals surface area contributed by atoms with E-state index in [1.165, 1.54) is 12.3 Å². The van der Waals surface area contributed by atoms with E-state index in [2.05, 4.69) is 10.3 Å². The first-order valence-electron chi connectivity index (χ1n) is 5.77. The monoisotopic (exact) mass is 236 g/mol. The molecule has 0 bridgehead atoms. The van der Waals surface area contributed by atoms with Crippen LogP contribution in [0.15, 0.2) is 18.3 Å². The minimum atomic E-state index is -0.324. The van der Waals surface area contributed by atoms with Gasteiger partial charge in [0, 0.05) is 26.0 Å². The molecule has 1 fully saturated rings. The number of aromatic hydroxyl groups is 1. The topological polar surface area (TPSA) is 71.5 Å². The SMILES string of the molecule is O=C(NCC1CCOCC1)c1ncccc1O. The van der Waals surface area contributed by atoms with Crippen molar-refractivity contribution in [3.05, 3.63) is 24.0 Å². The second-order valence-electron chi connectivity index (χ2n) is 4.14. The number of nitrogens with zero attached hydrogens (tertiary/aromatic N) is 1. The zero-order valence-electron chi connectivity index (χ0n) is 9.56. The molecule has 0 radical (unpaired) electrons. The lowest BCUT2D eigenvalue weighted by Crippen LogP contribution is -2.32. The number of ether oxygens (including phenoxy) is 1. The van der Waals surface area contributed by atoms with Crippen LogP contribution in [0.25, 0.3) is 0 Å². The van der Waals surface area contributed by atoms with E-state index in [-0.39, 0.29) is 17.4 Å². The standard InChI is InChI=1S/C12H16N2O3/c15-10-2-1-5-13-11(10)12(16)14-8-9-3-6-17-7-4-9/h1-2,5,9,15H,3-4,6-8H2,(H,14,16). The first-order chi connectivity index (χ1) is 8.27. The second-order valence-corrected chi connectivity index (χ2v) is 4.14. The fraction of sp³-hybridized carbons (Fsp3) is 0.500. The summed E-state index contributed by atoms with van der Waals surface area (Å²) in [5, 5.41) is 12.3. The summed E-state index contributed by atoms with van der Waals surface area (Å²) in [6.45, 7) is 2.13. The van der Waals surface area contributed by atoms with Gasteiger partial charge >= 0.3 is 0 Å². The van der Waals surface area contributed by atoms with E-state index in [1.54, 1.807) is 6.07 Å². The third-order valence-electron chi connectivity index (χ3n) is 2.89. The summed E-state index contributed by atoms with van der Waals surface area (Å²) < 4.78 is 5.25. The number of aromatic nitrogens is 1. The Kier molecular flexibility index (Phi) is 3.93. The molecule has 0 aliphatic carbocycles. The van der Waals surface area contributed by atoms with Crippen molar-refractivity contribution < 1.29 is 14.6 Å². The van der Waals surface area contributed by atoms with Crippen LogP contribution in [0.3, 0.4) is 0 Å². The fourth-order valence-corrected chi connectivity index (χ4v) is 1.84. The van der Waals surface area contributed by atoms with E-state index in [1.807, 2.05) is 0 Å². The Bertz CT molecular complexity index is 389. The second kappa shape index (κ2) is 5.63. The molecule has 0 saturated carbocycles. The van der Waals surface area contributed by atoms with Crippen LogP contribution in [-0.2, 0) is 4.74 Å². The molecule has 1 aromatic heterocycles. The van der Waals surface area contributed by atoms with Gasteiger partial charge in [-0.2, -0.15) is 0 Å². The maximum Gasteiger partial charge on any atom is 0.273 e. The summed E-state index contributed by atoms with van der Waals surface area (Å²) >= 11 is 0. The van der Waals surface area contributed by atoms with Gasteiger partial charge < -0.3 is 15.2 Å². The lowest BCUT2D eigenvalue weighted by molar-refractivity contribution is 0.0641. The molecular formula is C12H16N2O3. The smallest absolute Gasteiger partial charge is 0.273 e. The number of rotatable bonds is 3. The van der Waals surface area contributed by atoms with E-state index in [0.717, 1.165) is 26.1 Å². The molecule has 2 N–H and O–H groups in total. The van der Waals surface area contributed by atoms with Gasteiger partial charge in [0.15, 0.2) is 5.69 Å². The number of amides is 1. The molecule has 1 amide bonds. The van der Waals surface area contributed by atoms with Gasteiger partial charge in [-0.3, -0.25) is 4.79 Å². The van der Waals surface area contributed by atoms with Gasteiger partial charge in [0.2, 0.25) is 0 Å². The van der Waals surface area contributed by atoms with Crippen molar-refractivity contribution in [2.45, 2.75) is 12.8 Å². The molecule has 1 saturated heterocycles. The molecule has 1 aliphatic heterocycles. The number of hydrogen-bond donors (Lipinski definition) is 2. The highest BCUT2D eigenvalue weighted by Crippen LogP contribution is 2.15. The number of carbonyl (C=O) groups is 1. The van der Waals surface area contributed by atoms with Crippen LogP contribution in [0.5, 0.6) is 5.75 Å². The first-order valence-corrected chi connectivity index (χ1v) is 5.77.